The first-order chi connectivity index (χ1) is 15.5. The van der Waals surface area contributed by atoms with E-state index in [-0.39, 0.29) is 5.97 Å². The van der Waals surface area contributed by atoms with Crippen LogP contribution in [0.25, 0.3) is 0 Å². The summed E-state index contributed by atoms with van der Waals surface area (Å²) in [6.07, 6.45) is 16.2. The average Bonchev–Trinajstić information content (AvgIpc) is 3.10. The van der Waals surface area contributed by atoms with Crippen molar-refractivity contribution in [2.24, 2.45) is 46.3 Å². The molecule has 4 rings (SSSR count). The highest BCUT2D eigenvalue weighted by Crippen LogP contribution is 2.67. The van der Waals surface area contributed by atoms with Crippen LogP contribution in [0.5, 0.6) is 0 Å². The number of hydrogen-bond donors (Lipinski definition) is 1. The molecule has 9 atom stereocenters. The molecule has 3 nitrogen and oxygen atoms in total. The molecule has 0 aromatic heterocycles. The lowest BCUT2D eigenvalue weighted by atomic mass is 9.46. The number of fused-ring (bicyclic) bond motifs is 5. The van der Waals surface area contributed by atoms with Crippen LogP contribution in [0.3, 0.4) is 0 Å². The maximum Gasteiger partial charge on any atom is 0.302 e. The van der Waals surface area contributed by atoms with Crippen molar-refractivity contribution in [3.05, 3.63) is 11.6 Å². The smallest absolute Gasteiger partial charge is 0.302 e. The molecule has 0 radical (unpaired) electrons. The first kappa shape index (κ1) is 25.3. The Labute approximate surface area is 203 Å². The van der Waals surface area contributed by atoms with E-state index in [9.17, 15) is 9.90 Å². The van der Waals surface area contributed by atoms with E-state index in [0.29, 0.717) is 23.4 Å². The summed E-state index contributed by atoms with van der Waals surface area (Å²) in [4.78, 5) is 11.1. The van der Waals surface area contributed by atoms with Gasteiger partial charge in [-0.1, -0.05) is 52.2 Å². The zero-order valence-corrected chi connectivity index (χ0v) is 22.3. The monoisotopic (exact) mass is 458 g/mol. The summed E-state index contributed by atoms with van der Waals surface area (Å²) < 4.78 is 5.20. The van der Waals surface area contributed by atoms with Gasteiger partial charge in [-0.15, -0.1) is 0 Å². The summed E-state index contributed by atoms with van der Waals surface area (Å²) in [5.74, 6) is 4.50. The van der Waals surface area contributed by atoms with Crippen LogP contribution < -0.4 is 0 Å². The van der Waals surface area contributed by atoms with E-state index in [0.717, 1.165) is 48.9 Å². The molecule has 4 aliphatic rings. The molecule has 0 saturated heterocycles. The molecule has 3 fully saturated rings. The van der Waals surface area contributed by atoms with E-state index >= 15 is 0 Å². The molecule has 33 heavy (non-hydrogen) atoms. The van der Waals surface area contributed by atoms with E-state index in [2.05, 4.69) is 33.8 Å². The minimum Gasteiger partial charge on any atom is -0.466 e. The van der Waals surface area contributed by atoms with E-state index in [1.807, 2.05) is 6.92 Å². The van der Waals surface area contributed by atoms with Crippen molar-refractivity contribution in [2.45, 2.75) is 118 Å². The third-order valence-corrected chi connectivity index (χ3v) is 11.1. The molecule has 3 saturated carbocycles. The van der Waals surface area contributed by atoms with Crippen LogP contribution in [0.15, 0.2) is 11.6 Å². The number of aliphatic hydroxyl groups is 1. The highest BCUT2D eigenvalue weighted by atomic mass is 16.5. The molecule has 0 aliphatic heterocycles. The van der Waals surface area contributed by atoms with Gasteiger partial charge < -0.3 is 9.84 Å². The molecule has 0 bridgehead atoms. The number of rotatable bonds is 7. The zero-order valence-electron chi connectivity index (χ0n) is 22.3. The second-order valence-corrected chi connectivity index (χ2v) is 13.5. The standard InChI is InChI=1S/C30H50O3/c1-20(19-33-22(3)31)8-7-9-21(2)25-12-13-26-24-11-10-23-18-28(4,32)16-17-29(23,5)27(24)14-15-30(25,26)6/h10,20-21,24-27,32H,7-9,11-19H2,1-6H3/t20?,21-,24+,25-,26+,27+,28+,29+,30-/m1/s1. The highest BCUT2D eigenvalue weighted by molar-refractivity contribution is 5.65. The highest BCUT2D eigenvalue weighted by Gasteiger charge is 2.59. The fourth-order valence-electron chi connectivity index (χ4n) is 9.11. The van der Waals surface area contributed by atoms with E-state index in [1.165, 1.54) is 58.3 Å². The molecule has 0 spiro atoms. The Kier molecular flexibility index (Phi) is 7.14. The number of ether oxygens (including phenoxy) is 1. The van der Waals surface area contributed by atoms with Gasteiger partial charge >= 0.3 is 5.97 Å². The van der Waals surface area contributed by atoms with Gasteiger partial charge in [0.15, 0.2) is 0 Å². The largest absolute Gasteiger partial charge is 0.466 e. The predicted octanol–water partition coefficient (Wildman–Crippen LogP) is 7.32. The van der Waals surface area contributed by atoms with Crippen LogP contribution in [-0.4, -0.2) is 23.3 Å². The average molecular weight is 459 g/mol. The van der Waals surface area contributed by atoms with Gasteiger partial charge in [0.25, 0.3) is 0 Å². The first-order valence-electron chi connectivity index (χ1n) is 14.0. The fraction of sp³-hybridized carbons (Fsp3) is 0.900. The Balaban J connectivity index is 1.38. The fourth-order valence-corrected chi connectivity index (χ4v) is 9.11. The van der Waals surface area contributed by atoms with Crippen molar-refractivity contribution in [1.82, 2.24) is 0 Å². The Morgan fingerprint density at radius 2 is 1.85 bits per heavy atom. The van der Waals surface area contributed by atoms with Gasteiger partial charge in [0.1, 0.15) is 0 Å². The van der Waals surface area contributed by atoms with Crippen LogP contribution in [0.1, 0.15) is 112 Å². The molecular formula is C30H50O3. The Morgan fingerprint density at radius 1 is 1.09 bits per heavy atom. The lowest BCUT2D eigenvalue weighted by Crippen LogP contribution is -2.52. The molecule has 0 aromatic carbocycles. The third-order valence-electron chi connectivity index (χ3n) is 11.1. The summed E-state index contributed by atoms with van der Waals surface area (Å²) in [5, 5.41) is 10.7. The van der Waals surface area contributed by atoms with Gasteiger partial charge in [0, 0.05) is 6.92 Å². The van der Waals surface area contributed by atoms with Gasteiger partial charge in [0.05, 0.1) is 12.2 Å². The van der Waals surface area contributed by atoms with Gasteiger partial charge in [0.2, 0.25) is 0 Å². The van der Waals surface area contributed by atoms with Crippen molar-refractivity contribution < 1.29 is 14.6 Å². The van der Waals surface area contributed by atoms with Crippen molar-refractivity contribution in [3.63, 3.8) is 0 Å². The molecule has 0 heterocycles. The predicted molar refractivity (Wildman–Crippen MR) is 135 cm³/mol. The van der Waals surface area contributed by atoms with Gasteiger partial charge in [-0.2, -0.15) is 0 Å². The molecule has 0 amide bonds. The zero-order chi connectivity index (χ0) is 24.0. The molecule has 0 aromatic rings. The van der Waals surface area contributed by atoms with Crippen molar-refractivity contribution in [1.29, 1.82) is 0 Å². The van der Waals surface area contributed by atoms with E-state index < -0.39 is 5.60 Å². The van der Waals surface area contributed by atoms with Gasteiger partial charge in [-0.3, -0.25) is 4.79 Å². The maximum absolute atomic E-state index is 11.1. The molecular weight excluding hydrogens is 408 g/mol. The SMILES string of the molecule is CC(=O)OCC(C)CCC[C@@H](C)[C@H]1CC[C@H]2[C@@H]3CC=C4C[C@@](C)(O)CC[C@]4(C)[C@H]3CC[C@]12C. The van der Waals surface area contributed by atoms with Crippen LogP contribution in [0.2, 0.25) is 0 Å². The van der Waals surface area contributed by atoms with Gasteiger partial charge in [-0.25, -0.2) is 0 Å². The number of esters is 1. The van der Waals surface area contributed by atoms with E-state index in [4.69, 9.17) is 4.74 Å². The third kappa shape index (κ3) is 4.82. The topological polar surface area (TPSA) is 46.5 Å². The quantitative estimate of drug-likeness (QED) is 0.321. The van der Waals surface area contributed by atoms with Crippen molar-refractivity contribution in [2.75, 3.05) is 6.61 Å². The summed E-state index contributed by atoms with van der Waals surface area (Å²) in [7, 11) is 0. The summed E-state index contributed by atoms with van der Waals surface area (Å²) in [6, 6.07) is 0. The molecule has 4 aliphatic carbocycles. The Hall–Kier alpha value is -0.830. The van der Waals surface area contributed by atoms with Crippen LogP contribution in [0.4, 0.5) is 0 Å². The number of allylic oxidation sites excluding steroid dienone is 1. The second-order valence-electron chi connectivity index (χ2n) is 13.5. The van der Waals surface area contributed by atoms with Crippen LogP contribution in [-0.2, 0) is 9.53 Å². The van der Waals surface area contributed by atoms with Crippen molar-refractivity contribution >= 4 is 5.97 Å². The maximum atomic E-state index is 11.1. The summed E-state index contributed by atoms with van der Waals surface area (Å²) >= 11 is 0. The number of carbonyl (C=O) groups is 1. The Bertz CT molecular complexity index is 754. The number of hydrogen-bond acceptors (Lipinski definition) is 3. The van der Waals surface area contributed by atoms with E-state index in [1.54, 1.807) is 5.57 Å². The van der Waals surface area contributed by atoms with Crippen molar-refractivity contribution in [3.8, 4) is 0 Å². The normalized spacial score (nSPS) is 44.2. The lowest BCUT2D eigenvalue weighted by Gasteiger charge is -2.59. The Morgan fingerprint density at radius 3 is 2.58 bits per heavy atom. The lowest BCUT2D eigenvalue weighted by molar-refractivity contribution is -0.142. The van der Waals surface area contributed by atoms with Gasteiger partial charge in [-0.05, 0) is 111 Å². The molecule has 1 unspecified atom stereocenters. The minimum atomic E-state index is -0.495. The minimum absolute atomic E-state index is 0.159. The molecule has 1 N–H and O–H groups in total. The summed E-state index contributed by atoms with van der Waals surface area (Å²) in [6.45, 7) is 14.0. The molecule has 188 valence electrons. The number of carbonyl (C=O) groups excluding carboxylic acids is 1. The molecule has 3 heteroatoms. The second kappa shape index (κ2) is 9.32. The van der Waals surface area contributed by atoms with Crippen LogP contribution >= 0.6 is 0 Å². The first-order valence-corrected chi connectivity index (χ1v) is 14.0. The summed E-state index contributed by atoms with van der Waals surface area (Å²) in [5.41, 5.74) is 1.92. The van der Waals surface area contributed by atoms with Crippen LogP contribution in [0, 0.1) is 46.3 Å².